The van der Waals surface area contributed by atoms with E-state index >= 15 is 0 Å². The Morgan fingerprint density at radius 3 is 0.836 bits per heavy atom. The SMILES string of the molecule is CC/C=C\C/C=C\C/C=C\C/C=C\C/C=C\C/C=C\C/C=C\CCCCCCCCCCCCCCCC(=O)OCC(COC(=O)CCCCCCCCCCCC)OC(=O)CCCCCCCCCCCC. The Kier molecular flexibility index (Phi) is 58.3. The maximum Gasteiger partial charge on any atom is 0.306 e. The molecule has 0 fully saturated rings. The predicted molar refractivity (Wildman–Crippen MR) is 316 cm³/mol. The van der Waals surface area contributed by atoms with E-state index in [2.05, 4.69) is 106 Å². The van der Waals surface area contributed by atoms with Gasteiger partial charge in [-0.3, -0.25) is 14.4 Å². The second-order valence-electron chi connectivity index (χ2n) is 20.6. The van der Waals surface area contributed by atoms with E-state index in [1.54, 1.807) is 0 Å². The number of unbranched alkanes of at least 4 members (excludes halogenated alkanes) is 31. The number of ether oxygens (including phenoxy) is 3. The van der Waals surface area contributed by atoms with Crippen molar-refractivity contribution in [2.45, 2.75) is 309 Å². The summed E-state index contributed by atoms with van der Waals surface area (Å²) in [5.74, 6) is -0.865. The van der Waals surface area contributed by atoms with Crippen LogP contribution in [0.3, 0.4) is 0 Å². The third kappa shape index (κ3) is 59.3. The smallest absolute Gasteiger partial charge is 0.306 e. The van der Waals surface area contributed by atoms with Crippen molar-refractivity contribution < 1.29 is 28.6 Å². The minimum atomic E-state index is -0.769. The van der Waals surface area contributed by atoms with Gasteiger partial charge in [0.15, 0.2) is 6.10 Å². The van der Waals surface area contributed by atoms with Crippen molar-refractivity contribution in [2.24, 2.45) is 0 Å². The predicted octanol–water partition coefficient (Wildman–Crippen LogP) is 21.1. The highest BCUT2D eigenvalue weighted by molar-refractivity contribution is 5.71. The molecule has 73 heavy (non-hydrogen) atoms. The van der Waals surface area contributed by atoms with E-state index < -0.39 is 6.10 Å². The van der Waals surface area contributed by atoms with E-state index in [-0.39, 0.29) is 31.1 Å². The number of esters is 3. The summed E-state index contributed by atoms with van der Waals surface area (Å²) in [5, 5.41) is 0. The molecule has 0 spiro atoms. The first-order valence-electron chi connectivity index (χ1n) is 31.1. The highest BCUT2D eigenvalue weighted by Gasteiger charge is 2.19. The Hall–Kier alpha value is -3.41. The monoisotopic (exact) mass is 1020 g/mol. The Balaban J connectivity index is 4.02. The average molecular weight is 1020 g/mol. The quantitative estimate of drug-likeness (QED) is 0.0261. The van der Waals surface area contributed by atoms with Gasteiger partial charge in [-0.2, -0.15) is 0 Å². The van der Waals surface area contributed by atoms with Gasteiger partial charge < -0.3 is 14.2 Å². The normalized spacial score (nSPS) is 12.6. The first-order chi connectivity index (χ1) is 36.0. The minimum absolute atomic E-state index is 0.0707. The highest BCUT2D eigenvalue weighted by Crippen LogP contribution is 2.16. The molecule has 0 N–H and O–H groups in total. The molecule has 0 aromatic heterocycles. The first-order valence-corrected chi connectivity index (χ1v) is 31.1. The molecule has 0 rings (SSSR count). The Morgan fingerprint density at radius 2 is 0.534 bits per heavy atom. The molecule has 0 aliphatic rings. The second kappa shape index (κ2) is 61.1. The summed E-state index contributed by atoms with van der Waals surface area (Å²) in [4.78, 5) is 38.0. The van der Waals surface area contributed by atoms with Crippen LogP contribution in [0.4, 0.5) is 0 Å². The van der Waals surface area contributed by atoms with E-state index in [9.17, 15) is 14.4 Å². The molecule has 0 aliphatic carbocycles. The van der Waals surface area contributed by atoms with Crippen molar-refractivity contribution in [1.82, 2.24) is 0 Å². The van der Waals surface area contributed by atoms with Crippen LogP contribution in [0.2, 0.25) is 0 Å². The molecule has 0 radical (unpaired) electrons. The van der Waals surface area contributed by atoms with Gasteiger partial charge in [0.2, 0.25) is 0 Å². The molecule has 0 saturated heterocycles. The van der Waals surface area contributed by atoms with Crippen molar-refractivity contribution in [2.75, 3.05) is 13.2 Å². The van der Waals surface area contributed by atoms with Gasteiger partial charge in [0.1, 0.15) is 13.2 Å². The molecule has 0 aromatic rings. The van der Waals surface area contributed by atoms with Gasteiger partial charge in [0.25, 0.3) is 0 Å². The molecule has 0 amide bonds. The molecular weight excluding hydrogens is 901 g/mol. The van der Waals surface area contributed by atoms with E-state index in [1.165, 1.54) is 161 Å². The van der Waals surface area contributed by atoms with Crippen molar-refractivity contribution in [3.05, 3.63) is 85.1 Å². The maximum absolute atomic E-state index is 12.8. The fraction of sp³-hybridized carbons (Fsp3) is 0.746. The zero-order valence-corrected chi connectivity index (χ0v) is 48.1. The molecule has 0 bridgehead atoms. The minimum Gasteiger partial charge on any atom is -0.462 e. The molecule has 0 aromatic carbocycles. The molecule has 0 heterocycles. The summed E-state index contributed by atoms with van der Waals surface area (Å²) in [6.45, 7) is 6.52. The van der Waals surface area contributed by atoms with Crippen LogP contribution in [-0.2, 0) is 28.6 Å². The van der Waals surface area contributed by atoms with E-state index in [1.807, 2.05) is 0 Å². The lowest BCUT2D eigenvalue weighted by atomic mass is 10.0. The fourth-order valence-corrected chi connectivity index (χ4v) is 8.78. The van der Waals surface area contributed by atoms with Crippen molar-refractivity contribution in [3.8, 4) is 0 Å². The van der Waals surface area contributed by atoms with Gasteiger partial charge in [0, 0.05) is 19.3 Å². The van der Waals surface area contributed by atoms with Crippen molar-refractivity contribution >= 4 is 17.9 Å². The Labute approximate surface area is 452 Å². The van der Waals surface area contributed by atoms with E-state index in [0.29, 0.717) is 19.3 Å². The molecule has 6 heteroatoms. The Morgan fingerprint density at radius 1 is 0.288 bits per heavy atom. The van der Waals surface area contributed by atoms with Crippen LogP contribution in [0.25, 0.3) is 0 Å². The molecule has 0 saturated carbocycles. The second-order valence-corrected chi connectivity index (χ2v) is 20.6. The summed E-state index contributed by atoms with van der Waals surface area (Å²) < 4.78 is 16.8. The van der Waals surface area contributed by atoms with Crippen LogP contribution in [0, 0.1) is 0 Å². The summed E-state index contributed by atoms with van der Waals surface area (Å²) in [6, 6.07) is 0. The number of hydrogen-bond acceptors (Lipinski definition) is 6. The van der Waals surface area contributed by atoms with Crippen LogP contribution in [-0.4, -0.2) is 37.2 Å². The summed E-state index contributed by atoms with van der Waals surface area (Å²) in [7, 11) is 0. The lowest BCUT2D eigenvalue weighted by Gasteiger charge is -2.18. The third-order valence-corrected chi connectivity index (χ3v) is 13.4. The van der Waals surface area contributed by atoms with Crippen LogP contribution in [0.1, 0.15) is 303 Å². The van der Waals surface area contributed by atoms with E-state index in [0.717, 1.165) is 103 Å². The number of carbonyl (C=O) groups excluding carboxylic acids is 3. The third-order valence-electron chi connectivity index (χ3n) is 13.4. The Bertz CT molecular complexity index is 1400. The van der Waals surface area contributed by atoms with Crippen LogP contribution in [0.5, 0.6) is 0 Å². The summed E-state index contributed by atoms with van der Waals surface area (Å²) >= 11 is 0. The molecule has 0 aliphatic heterocycles. The summed E-state index contributed by atoms with van der Waals surface area (Å²) in [5.41, 5.74) is 0. The van der Waals surface area contributed by atoms with Gasteiger partial charge in [-0.15, -0.1) is 0 Å². The van der Waals surface area contributed by atoms with Crippen LogP contribution in [0.15, 0.2) is 85.1 Å². The molecular formula is C67H116O6. The van der Waals surface area contributed by atoms with Gasteiger partial charge in [-0.05, 0) is 77.0 Å². The number of carbonyl (C=O) groups is 3. The number of allylic oxidation sites excluding steroid dienone is 14. The largest absolute Gasteiger partial charge is 0.462 e. The van der Waals surface area contributed by atoms with Crippen LogP contribution >= 0.6 is 0 Å². The standard InChI is InChI=1S/C67H116O6/c1-4-7-10-13-16-19-22-23-24-25-26-27-28-29-30-31-32-33-34-35-36-37-38-39-40-41-42-43-44-45-46-49-51-54-57-60-66(69)72-63-64(73-67(70)61-58-55-52-48-21-18-15-12-9-6-3)62-71-65(68)59-56-53-50-47-20-17-14-11-8-5-2/h7,10,16,19,23-24,26-27,29-30,32-33,35-36,64H,4-6,8-9,11-15,17-18,20-22,25,28,31,34,37-63H2,1-3H3/b10-7-,19-16-,24-23-,27-26-,30-29-,33-32-,36-35-. The topological polar surface area (TPSA) is 78.9 Å². The van der Waals surface area contributed by atoms with Crippen molar-refractivity contribution in [3.63, 3.8) is 0 Å². The maximum atomic E-state index is 12.8. The lowest BCUT2D eigenvalue weighted by molar-refractivity contribution is -0.167. The van der Waals surface area contributed by atoms with Crippen LogP contribution < -0.4 is 0 Å². The van der Waals surface area contributed by atoms with Gasteiger partial charge in [-0.25, -0.2) is 0 Å². The fourth-order valence-electron chi connectivity index (χ4n) is 8.78. The molecule has 420 valence electrons. The average Bonchev–Trinajstić information content (AvgIpc) is 3.39. The highest BCUT2D eigenvalue weighted by atomic mass is 16.6. The van der Waals surface area contributed by atoms with E-state index in [4.69, 9.17) is 14.2 Å². The molecule has 6 nitrogen and oxygen atoms in total. The van der Waals surface area contributed by atoms with Gasteiger partial charge in [0.05, 0.1) is 0 Å². The van der Waals surface area contributed by atoms with Gasteiger partial charge >= 0.3 is 17.9 Å². The zero-order valence-electron chi connectivity index (χ0n) is 48.1. The lowest BCUT2D eigenvalue weighted by Crippen LogP contribution is -2.30. The van der Waals surface area contributed by atoms with Gasteiger partial charge in [-0.1, -0.05) is 292 Å². The number of rotatable bonds is 56. The summed E-state index contributed by atoms with van der Waals surface area (Å²) in [6.07, 6.45) is 80.4. The molecule has 1 atom stereocenters. The first kappa shape index (κ1) is 69.6. The zero-order chi connectivity index (χ0) is 52.9. The number of hydrogen-bond donors (Lipinski definition) is 0. The molecule has 1 unspecified atom stereocenters. The van der Waals surface area contributed by atoms with Crippen molar-refractivity contribution in [1.29, 1.82) is 0 Å².